The molecule has 1 heterocycles. The van der Waals surface area contributed by atoms with Crippen LogP contribution in [0.15, 0.2) is 36.5 Å². The monoisotopic (exact) mass is 342 g/mol. The number of hydrogen-bond acceptors (Lipinski definition) is 3. The second-order valence-electron chi connectivity index (χ2n) is 5.30. The van der Waals surface area contributed by atoms with Crippen LogP contribution in [0.3, 0.4) is 0 Å². The molecular formula is C15H17F3N4O2. The smallest absolute Gasteiger partial charge is 0.382 e. The van der Waals surface area contributed by atoms with Crippen LogP contribution in [0.2, 0.25) is 0 Å². The number of benzene rings is 1. The number of amides is 2. The second-order valence-corrected chi connectivity index (χ2v) is 5.30. The number of anilines is 1. The Morgan fingerprint density at radius 2 is 2.00 bits per heavy atom. The van der Waals surface area contributed by atoms with Crippen molar-refractivity contribution < 1.29 is 23.1 Å². The predicted octanol–water partition coefficient (Wildman–Crippen LogP) is 2.47. The summed E-state index contributed by atoms with van der Waals surface area (Å²) in [6.07, 6.45) is -5.83. The van der Waals surface area contributed by atoms with Gasteiger partial charge in [-0.2, -0.15) is 18.3 Å². The van der Waals surface area contributed by atoms with Gasteiger partial charge in [0.05, 0.1) is 12.2 Å². The fourth-order valence-electron chi connectivity index (χ4n) is 2.05. The summed E-state index contributed by atoms with van der Waals surface area (Å²) < 4.78 is 38.6. The Morgan fingerprint density at radius 3 is 2.58 bits per heavy atom. The van der Waals surface area contributed by atoms with Gasteiger partial charge in [0.15, 0.2) is 6.10 Å². The van der Waals surface area contributed by atoms with Crippen molar-refractivity contribution in [3.05, 3.63) is 36.5 Å². The van der Waals surface area contributed by atoms with E-state index in [4.69, 9.17) is 5.11 Å². The zero-order valence-electron chi connectivity index (χ0n) is 13.1. The van der Waals surface area contributed by atoms with Crippen LogP contribution in [0, 0.1) is 0 Å². The average molecular weight is 342 g/mol. The van der Waals surface area contributed by atoms with E-state index in [1.807, 2.05) is 6.07 Å². The molecule has 2 rings (SSSR count). The van der Waals surface area contributed by atoms with Gasteiger partial charge < -0.3 is 15.3 Å². The SMILES string of the molecule is CN(CC(O)C(F)(F)F)C(=O)Nc1cn(C)nc1-c1ccccc1. The molecule has 2 aromatic rings. The Bertz CT molecular complexity index is 700. The number of aromatic nitrogens is 2. The maximum absolute atomic E-state index is 12.4. The highest BCUT2D eigenvalue weighted by atomic mass is 19.4. The number of rotatable bonds is 4. The molecule has 0 saturated carbocycles. The molecule has 24 heavy (non-hydrogen) atoms. The minimum Gasteiger partial charge on any atom is -0.382 e. The van der Waals surface area contributed by atoms with Crippen molar-refractivity contribution in [2.75, 3.05) is 18.9 Å². The van der Waals surface area contributed by atoms with Gasteiger partial charge in [-0.1, -0.05) is 30.3 Å². The summed E-state index contributed by atoms with van der Waals surface area (Å²) in [6, 6.07) is 8.27. The van der Waals surface area contributed by atoms with Gasteiger partial charge in [0, 0.05) is 25.9 Å². The summed E-state index contributed by atoms with van der Waals surface area (Å²) in [5.41, 5.74) is 1.62. The lowest BCUT2D eigenvalue weighted by molar-refractivity contribution is -0.205. The van der Waals surface area contributed by atoms with Gasteiger partial charge in [-0.3, -0.25) is 4.68 Å². The number of carbonyl (C=O) groups excluding carboxylic acids is 1. The number of aliphatic hydroxyl groups is 1. The number of carbonyl (C=O) groups is 1. The Kier molecular flexibility index (Phi) is 5.13. The molecule has 2 N–H and O–H groups in total. The highest BCUT2D eigenvalue weighted by Gasteiger charge is 2.39. The Balaban J connectivity index is 2.12. The van der Waals surface area contributed by atoms with Crippen LogP contribution < -0.4 is 5.32 Å². The van der Waals surface area contributed by atoms with Gasteiger partial charge in [0.2, 0.25) is 0 Å². The Morgan fingerprint density at radius 1 is 1.38 bits per heavy atom. The van der Waals surface area contributed by atoms with Crippen molar-refractivity contribution in [2.24, 2.45) is 7.05 Å². The van der Waals surface area contributed by atoms with E-state index in [2.05, 4.69) is 10.4 Å². The van der Waals surface area contributed by atoms with Crippen molar-refractivity contribution in [2.45, 2.75) is 12.3 Å². The molecule has 0 spiro atoms. The average Bonchev–Trinajstić information content (AvgIpc) is 2.87. The first-order valence-electron chi connectivity index (χ1n) is 7.04. The Hall–Kier alpha value is -2.55. The molecule has 0 bridgehead atoms. The summed E-state index contributed by atoms with van der Waals surface area (Å²) in [7, 11) is 2.84. The molecule has 0 aliphatic rings. The number of urea groups is 1. The van der Waals surface area contributed by atoms with Crippen LogP contribution in [0.1, 0.15) is 0 Å². The van der Waals surface area contributed by atoms with E-state index in [1.54, 1.807) is 37.5 Å². The molecule has 9 heteroatoms. The Labute approximate surface area is 136 Å². The summed E-state index contributed by atoms with van der Waals surface area (Å²) in [5, 5.41) is 15.8. The maximum Gasteiger partial charge on any atom is 0.416 e. The first-order valence-corrected chi connectivity index (χ1v) is 7.04. The molecule has 0 fully saturated rings. The van der Waals surface area contributed by atoms with Crippen LogP contribution in [-0.2, 0) is 7.05 Å². The van der Waals surface area contributed by atoms with Crippen molar-refractivity contribution in [1.29, 1.82) is 0 Å². The fraction of sp³-hybridized carbons (Fsp3) is 0.333. The number of nitrogens with zero attached hydrogens (tertiary/aromatic N) is 3. The van der Waals surface area contributed by atoms with E-state index in [-0.39, 0.29) is 0 Å². The van der Waals surface area contributed by atoms with E-state index < -0.39 is 24.9 Å². The van der Waals surface area contributed by atoms with Crippen molar-refractivity contribution in [3.63, 3.8) is 0 Å². The molecule has 1 aromatic carbocycles. The number of hydrogen-bond donors (Lipinski definition) is 2. The molecule has 6 nitrogen and oxygen atoms in total. The second kappa shape index (κ2) is 6.91. The number of halogens is 3. The molecule has 1 aromatic heterocycles. The van der Waals surface area contributed by atoms with E-state index in [0.717, 1.165) is 10.5 Å². The van der Waals surface area contributed by atoms with Crippen LogP contribution >= 0.6 is 0 Å². The van der Waals surface area contributed by atoms with Gasteiger partial charge in [-0.05, 0) is 0 Å². The third-order valence-electron chi connectivity index (χ3n) is 3.29. The highest BCUT2D eigenvalue weighted by Crippen LogP contribution is 2.26. The van der Waals surface area contributed by atoms with Gasteiger partial charge in [-0.15, -0.1) is 0 Å². The molecule has 130 valence electrons. The van der Waals surface area contributed by atoms with E-state index in [0.29, 0.717) is 11.4 Å². The fourth-order valence-corrected chi connectivity index (χ4v) is 2.05. The van der Waals surface area contributed by atoms with Gasteiger partial charge in [-0.25, -0.2) is 4.79 Å². The zero-order valence-corrected chi connectivity index (χ0v) is 13.1. The number of nitrogens with one attached hydrogen (secondary N) is 1. The lowest BCUT2D eigenvalue weighted by Crippen LogP contribution is -2.43. The zero-order chi connectivity index (χ0) is 17.9. The predicted molar refractivity (Wildman–Crippen MR) is 82.4 cm³/mol. The lowest BCUT2D eigenvalue weighted by atomic mass is 10.1. The minimum absolute atomic E-state index is 0.363. The number of aryl methyl sites for hydroxylation is 1. The third-order valence-corrected chi connectivity index (χ3v) is 3.29. The molecule has 1 atom stereocenters. The van der Waals surface area contributed by atoms with Crippen molar-refractivity contribution in [1.82, 2.24) is 14.7 Å². The molecule has 0 aliphatic heterocycles. The van der Waals surface area contributed by atoms with Gasteiger partial charge in [0.25, 0.3) is 0 Å². The number of alkyl halides is 3. The first kappa shape index (κ1) is 17.8. The third kappa shape index (κ3) is 4.25. The molecule has 0 saturated heterocycles. The topological polar surface area (TPSA) is 70.4 Å². The summed E-state index contributed by atoms with van der Waals surface area (Å²) >= 11 is 0. The first-order chi connectivity index (χ1) is 11.2. The van der Waals surface area contributed by atoms with Crippen LogP contribution in [-0.4, -0.2) is 51.7 Å². The molecule has 1 unspecified atom stereocenters. The number of aliphatic hydroxyl groups excluding tert-OH is 1. The lowest BCUT2D eigenvalue weighted by Gasteiger charge is -2.22. The minimum atomic E-state index is -4.78. The quantitative estimate of drug-likeness (QED) is 0.897. The molecule has 0 radical (unpaired) electrons. The standard InChI is InChI=1S/C15H17F3N4O2/c1-21(9-12(23)15(16,17)18)14(24)19-11-8-22(2)20-13(11)10-6-4-3-5-7-10/h3-8,12,23H,9H2,1-2H3,(H,19,24). The maximum atomic E-state index is 12.4. The van der Waals surface area contributed by atoms with Crippen molar-refractivity contribution >= 4 is 11.7 Å². The molecule has 0 aliphatic carbocycles. The van der Waals surface area contributed by atoms with Crippen molar-refractivity contribution in [3.8, 4) is 11.3 Å². The van der Waals surface area contributed by atoms with Gasteiger partial charge in [0.1, 0.15) is 5.69 Å². The number of likely N-dealkylation sites (N-methyl/N-ethyl adjacent to an activating group) is 1. The summed E-state index contributed by atoms with van der Waals surface area (Å²) in [4.78, 5) is 12.8. The van der Waals surface area contributed by atoms with Crippen LogP contribution in [0.4, 0.5) is 23.7 Å². The van der Waals surface area contributed by atoms with E-state index in [9.17, 15) is 18.0 Å². The molecular weight excluding hydrogens is 325 g/mol. The highest BCUT2D eigenvalue weighted by molar-refractivity contribution is 5.93. The van der Waals surface area contributed by atoms with E-state index >= 15 is 0 Å². The van der Waals surface area contributed by atoms with E-state index in [1.165, 1.54) is 11.7 Å². The van der Waals surface area contributed by atoms with Crippen LogP contribution in [0.25, 0.3) is 11.3 Å². The summed E-state index contributed by atoms with van der Waals surface area (Å²) in [6.45, 7) is -0.865. The van der Waals surface area contributed by atoms with Crippen LogP contribution in [0.5, 0.6) is 0 Å². The largest absolute Gasteiger partial charge is 0.416 e. The van der Waals surface area contributed by atoms with Gasteiger partial charge >= 0.3 is 12.2 Å². The molecule has 2 amide bonds. The normalized spacial score (nSPS) is 12.8. The summed E-state index contributed by atoms with van der Waals surface area (Å²) in [5.74, 6) is 0.